The van der Waals surface area contributed by atoms with Crippen LogP contribution in [0.2, 0.25) is 0 Å². The Morgan fingerprint density at radius 2 is 1.84 bits per heavy atom. The Kier molecular flexibility index (Phi) is 4.61. The van der Waals surface area contributed by atoms with Gasteiger partial charge in [0.05, 0.1) is 20.1 Å². The molecule has 2 aromatic carbocycles. The van der Waals surface area contributed by atoms with Gasteiger partial charge in [-0.15, -0.1) is 0 Å². The molecule has 1 atom stereocenters. The quantitative estimate of drug-likeness (QED) is 0.545. The first kappa shape index (κ1) is 16.8. The van der Waals surface area contributed by atoms with Gasteiger partial charge in [0.25, 0.3) is 0 Å². The van der Waals surface area contributed by atoms with Crippen molar-refractivity contribution in [3.8, 4) is 11.5 Å². The number of fused-ring (bicyclic) bond motifs is 1. The average Bonchev–Trinajstić information content (AvgIpc) is 2.94. The van der Waals surface area contributed by atoms with Crippen LogP contribution in [0.15, 0.2) is 42.5 Å². The highest BCUT2D eigenvalue weighted by Crippen LogP contribution is 2.37. The van der Waals surface area contributed by atoms with Gasteiger partial charge in [0.2, 0.25) is 6.54 Å². The van der Waals surface area contributed by atoms with E-state index in [0.29, 0.717) is 11.5 Å². The molecule has 0 aliphatic carbocycles. The molecule has 130 valence electrons. The number of hydrogen-bond donors (Lipinski definition) is 1. The van der Waals surface area contributed by atoms with Gasteiger partial charge in [-0.25, -0.2) is 0 Å². The van der Waals surface area contributed by atoms with Crippen LogP contribution in [0.25, 0.3) is 10.9 Å². The van der Waals surface area contributed by atoms with Crippen LogP contribution in [0.3, 0.4) is 0 Å². The Morgan fingerprint density at radius 3 is 2.52 bits per heavy atom. The van der Waals surface area contributed by atoms with E-state index >= 15 is 0 Å². The number of para-hydroxylation sites is 1. The van der Waals surface area contributed by atoms with Crippen LogP contribution in [-0.4, -0.2) is 30.7 Å². The van der Waals surface area contributed by atoms with Crippen molar-refractivity contribution < 1.29 is 14.4 Å². The molecule has 1 aromatic heterocycles. The van der Waals surface area contributed by atoms with E-state index < -0.39 is 0 Å². The number of nitro groups is 1. The molecule has 1 heterocycles. The predicted molar refractivity (Wildman–Crippen MR) is 96.3 cm³/mol. The van der Waals surface area contributed by atoms with Crippen molar-refractivity contribution in [2.24, 2.45) is 0 Å². The third-order valence-corrected chi connectivity index (χ3v) is 4.43. The molecule has 0 spiro atoms. The second kappa shape index (κ2) is 6.84. The molecular formula is C19H20N2O4. The second-order valence-corrected chi connectivity index (χ2v) is 5.89. The minimum Gasteiger partial charge on any atom is -0.493 e. The molecule has 0 aliphatic rings. The molecular weight excluding hydrogens is 320 g/mol. The van der Waals surface area contributed by atoms with Gasteiger partial charge in [0, 0.05) is 21.5 Å². The first-order chi connectivity index (χ1) is 12.0. The number of methoxy groups -OCH3 is 2. The molecule has 0 saturated carbocycles. The lowest BCUT2D eigenvalue weighted by atomic mass is 9.89. The predicted octanol–water partition coefficient (Wildman–Crippen LogP) is 3.90. The molecule has 1 N–H and O–H groups in total. The summed E-state index contributed by atoms with van der Waals surface area (Å²) in [5.41, 5.74) is 3.67. The lowest BCUT2D eigenvalue weighted by Crippen LogP contribution is -2.15. The molecule has 3 aromatic rings. The second-order valence-electron chi connectivity index (χ2n) is 5.89. The fourth-order valence-corrected chi connectivity index (χ4v) is 3.33. The highest BCUT2D eigenvalue weighted by molar-refractivity contribution is 5.85. The lowest BCUT2D eigenvalue weighted by Gasteiger charge is -2.17. The highest BCUT2D eigenvalue weighted by atomic mass is 16.6. The fraction of sp³-hybridized carbons (Fsp3) is 0.263. The monoisotopic (exact) mass is 340 g/mol. The van der Waals surface area contributed by atoms with Crippen LogP contribution < -0.4 is 9.47 Å². The highest BCUT2D eigenvalue weighted by Gasteiger charge is 2.26. The summed E-state index contributed by atoms with van der Waals surface area (Å²) in [5.74, 6) is 0.776. The van der Waals surface area contributed by atoms with Crippen LogP contribution in [0.1, 0.15) is 22.7 Å². The van der Waals surface area contributed by atoms with Crippen molar-refractivity contribution in [1.29, 1.82) is 0 Å². The smallest absolute Gasteiger partial charge is 0.214 e. The summed E-state index contributed by atoms with van der Waals surface area (Å²) in [6.07, 6.45) is 0. The largest absolute Gasteiger partial charge is 0.493 e. The molecule has 0 fully saturated rings. The molecule has 0 radical (unpaired) electrons. The summed E-state index contributed by atoms with van der Waals surface area (Å²) >= 11 is 0. The lowest BCUT2D eigenvalue weighted by molar-refractivity contribution is -0.481. The minimum absolute atomic E-state index is 0.196. The van der Waals surface area contributed by atoms with E-state index in [1.165, 1.54) is 0 Å². The van der Waals surface area contributed by atoms with E-state index in [2.05, 4.69) is 4.98 Å². The van der Waals surface area contributed by atoms with Gasteiger partial charge in [-0.05, 0) is 36.2 Å². The molecule has 6 heteroatoms. The van der Waals surface area contributed by atoms with Crippen LogP contribution in [0.4, 0.5) is 0 Å². The summed E-state index contributed by atoms with van der Waals surface area (Å²) in [4.78, 5) is 14.4. The number of aromatic nitrogens is 1. The van der Waals surface area contributed by atoms with Crippen molar-refractivity contribution >= 4 is 10.9 Å². The van der Waals surface area contributed by atoms with Crippen molar-refractivity contribution in [3.63, 3.8) is 0 Å². The average molecular weight is 340 g/mol. The number of aromatic amines is 1. The third-order valence-electron chi connectivity index (χ3n) is 4.43. The van der Waals surface area contributed by atoms with E-state index in [1.807, 2.05) is 43.3 Å². The van der Waals surface area contributed by atoms with Gasteiger partial charge in [0.15, 0.2) is 11.5 Å². The van der Waals surface area contributed by atoms with Gasteiger partial charge in [-0.2, -0.15) is 0 Å². The van der Waals surface area contributed by atoms with Gasteiger partial charge in [0.1, 0.15) is 0 Å². The zero-order valence-electron chi connectivity index (χ0n) is 14.4. The summed E-state index contributed by atoms with van der Waals surface area (Å²) in [6, 6.07) is 13.3. The van der Waals surface area contributed by atoms with Crippen LogP contribution >= 0.6 is 0 Å². The number of benzene rings is 2. The maximum absolute atomic E-state index is 11.3. The van der Waals surface area contributed by atoms with Gasteiger partial charge in [-0.3, -0.25) is 10.1 Å². The molecule has 6 nitrogen and oxygen atoms in total. The van der Waals surface area contributed by atoms with E-state index in [1.54, 1.807) is 20.3 Å². The summed E-state index contributed by atoms with van der Waals surface area (Å²) in [7, 11) is 3.12. The molecule has 0 amide bonds. The maximum atomic E-state index is 11.3. The van der Waals surface area contributed by atoms with E-state index in [0.717, 1.165) is 27.7 Å². The first-order valence-corrected chi connectivity index (χ1v) is 7.96. The van der Waals surface area contributed by atoms with E-state index in [-0.39, 0.29) is 17.4 Å². The summed E-state index contributed by atoms with van der Waals surface area (Å²) in [6.45, 7) is 1.75. The zero-order valence-corrected chi connectivity index (χ0v) is 14.4. The van der Waals surface area contributed by atoms with Crippen LogP contribution in [0, 0.1) is 17.0 Å². The third kappa shape index (κ3) is 3.15. The topological polar surface area (TPSA) is 77.4 Å². The normalized spacial score (nSPS) is 12.1. The molecule has 0 bridgehead atoms. The standard InChI is InChI=1S/C19H20N2O4/c1-12-19(14-6-4-5-7-16(14)20-12)15(11-21(22)23)13-8-9-17(24-2)18(10-13)25-3/h4-10,15,20H,11H2,1-3H3/t15-/m0/s1. The summed E-state index contributed by atoms with van der Waals surface area (Å²) in [5, 5.41) is 12.3. The Bertz CT molecular complexity index is 917. The van der Waals surface area contributed by atoms with Crippen molar-refractivity contribution in [1.82, 2.24) is 4.98 Å². The Labute approximate surface area is 145 Å². The van der Waals surface area contributed by atoms with Crippen molar-refractivity contribution in [3.05, 3.63) is 69.4 Å². The number of nitrogens with zero attached hydrogens (tertiary/aromatic N) is 1. The van der Waals surface area contributed by atoms with Gasteiger partial charge in [-0.1, -0.05) is 24.3 Å². The molecule has 3 rings (SSSR count). The minimum atomic E-state index is -0.383. The van der Waals surface area contributed by atoms with Crippen molar-refractivity contribution in [2.45, 2.75) is 12.8 Å². The Morgan fingerprint density at radius 1 is 1.12 bits per heavy atom. The maximum Gasteiger partial charge on any atom is 0.214 e. The Hall–Kier alpha value is -3.02. The number of ether oxygens (including phenoxy) is 2. The molecule has 0 saturated heterocycles. The van der Waals surface area contributed by atoms with Crippen LogP contribution in [0.5, 0.6) is 11.5 Å². The fourth-order valence-electron chi connectivity index (χ4n) is 3.33. The van der Waals surface area contributed by atoms with Crippen molar-refractivity contribution in [2.75, 3.05) is 20.8 Å². The van der Waals surface area contributed by atoms with Crippen LogP contribution in [-0.2, 0) is 0 Å². The number of hydrogen-bond acceptors (Lipinski definition) is 4. The van der Waals surface area contributed by atoms with Gasteiger partial charge < -0.3 is 14.5 Å². The SMILES string of the molecule is COc1ccc([C@H](C[N+](=O)[O-])c2c(C)[nH]c3ccccc23)cc1OC. The van der Waals surface area contributed by atoms with E-state index in [4.69, 9.17) is 9.47 Å². The number of aryl methyl sites for hydroxylation is 1. The number of H-pyrrole nitrogens is 1. The molecule has 25 heavy (non-hydrogen) atoms. The number of rotatable bonds is 6. The Balaban J connectivity index is 2.18. The summed E-state index contributed by atoms with van der Waals surface area (Å²) < 4.78 is 10.6. The molecule has 0 aliphatic heterocycles. The first-order valence-electron chi connectivity index (χ1n) is 7.96. The van der Waals surface area contributed by atoms with Gasteiger partial charge >= 0.3 is 0 Å². The number of nitrogens with one attached hydrogen (secondary N) is 1. The zero-order chi connectivity index (χ0) is 18.0. The molecule has 0 unspecified atom stereocenters. The van der Waals surface area contributed by atoms with E-state index in [9.17, 15) is 10.1 Å².